The van der Waals surface area contributed by atoms with Crippen LogP contribution in [-0.2, 0) is 11.8 Å². The summed E-state index contributed by atoms with van der Waals surface area (Å²) in [5, 5.41) is 3.48. The number of hydrogen-bond donors (Lipinski definition) is 1. The Balaban J connectivity index is 2.09. The number of methoxy groups -OCH3 is 1. The number of benzene rings is 1. The third-order valence-electron chi connectivity index (χ3n) is 3.11. The lowest BCUT2D eigenvalue weighted by Crippen LogP contribution is -2.17. The molecule has 2 rings (SSSR count). The highest BCUT2D eigenvalue weighted by atomic mass is 16.5. The highest BCUT2D eigenvalue weighted by Gasteiger charge is 2.06. The predicted octanol–water partition coefficient (Wildman–Crippen LogP) is 2.92. The number of imidazole rings is 1. The van der Waals surface area contributed by atoms with Crippen LogP contribution in [0.4, 0.5) is 5.69 Å². The Labute approximate surface area is 114 Å². The minimum Gasteiger partial charge on any atom is -0.385 e. The van der Waals surface area contributed by atoms with E-state index < -0.39 is 0 Å². The summed E-state index contributed by atoms with van der Waals surface area (Å²) in [4.78, 5) is 4.37. The second-order valence-corrected chi connectivity index (χ2v) is 4.77. The summed E-state index contributed by atoms with van der Waals surface area (Å²) in [6, 6.07) is 8.72. The molecule has 0 saturated heterocycles. The maximum absolute atomic E-state index is 5.10. The fourth-order valence-electron chi connectivity index (χ4n) is 2.04. The number of anilines is 1. The van der Waals surface area contributed by atoms with E-state index in [1.54, 1.807) is 7.11 Å². The maximum atomic E-state index is 5.10. The van der Waals surface area contributed by atoms with Crippen molar-refractivity contribution >= 4 is 5.69 Å². The first-order chi connectivity index (χ1) is 9.20. The van der Waals surface area contributed by atoms with Crippen molar-refractivity contribution in [3.8, 4) is 11.4 Å². The zero-order chi connectivity index (χ0) is 13.7. The van der Waals surface area contributed by atoms with Crippen molar-refractivity contribution in [3.05, 3.63) is 36.7 Å². The Morgan fingerprint density at radius 1 is 1.42 bits per heavy atom. The Hall–Kier alpha value is -1.81. The largest absolute Gasteiger partial charge is 0.385 e. The van der Waals surface area contributed by atoms with Gasteiger partial charge in [-0.2, -0.15) is 0 Å². The third kappa shape index (κ3) is 3.58. The van der Waals surface area contributed by atoms with Gasteiger partial charge in [0, 0.05) is 50.5 Å². The van der Waals surface area contributed by atoms with Gasteiger partial charge in [0.2, 0.25) is 0 Å². The zero-order valence-electron chi connectivity index (χ0n) is 11.8. The van der Waals surface area contributed by atoms with E-state index in [2.05, 4.69) is 41.5 Å². The van der Waals surface area contributed by atoms with Crippen molar-refractivity contribution in [2.75, 3.05) is 19.0 Å². The lowest BCUT2D eigenvalue weighted by Gasteiger charge is -2.15. The number of aryl methyl sites for hydroxylation is 1. The second-order valence-electron chi connectivity index (χ2n) is 4.77. The summed E-state index contributed by atoms with van der Waals surface area (Å²) in [5.74, 6) is 0.980. The van der Waals surface area contributed by atoms with Gasteiger partial charge >= 0.3 is 0 Å². The fourth-order valence-corrected chi connectivity index (χ4v) is 2.04. The van der Waals surface area contributed by atoms with Crippen molar-refractivity contribution in [3.63, 3.8) is 0 Å². The molecule has 0 aliphatic rings. The molecule has 102 valence electrons. The highest BCUT2D eigenvalue weighted by Crippen LogP contribution is 2.21. The quantitative estimate of drug-likeness (QED) is 0.867. The van der Waals surface area contributed by atoms with Gasteiger partial charge in [0.05, 0.1) is 0 Å². The summed E-state index contributed by atoms with van der Waals surface area (Å²) in [6.45, 7) is 2.93. The molecule has 0 fully saturated rings. The van der Waals surface area contributed by atoms with Crippen LogP contribution in [0.5, 0.6) is 0 Å². The molecule has 1 atom stereocenters. The van der Waals surface area contributed by atoms with Crippen LogP contribution in [0.2, 0.25) is 0 Å². The molecule has 0 spiro atoms. The number of nitrogens with zero attached hydrogens (tertiary/aromatic N) is 2. The average molecular weight is 259 g/mol. The predicted molar refractivity (Wildman–Crippen MR) is 78.2 cm³/mol. The third-order valence-corrected chi connectivity index (χ3v) is 3.11. The smallest absolute Gasteiger partial charge is 0.139 e. The van der Waals surface area contributed by atoms with Gasteiger partial charge in [0.25, 0.3) is 0 Å². The summed E-state index contributed by atoms with van der Waals surface area (Å²) in [6.07, 6.45) is 4.76. The number of nitrogens with one attached hydrogen (secondary N) is 1. The van der Waals surface area contributed by atoms with Crippen LogP contribution >= 0.6 is 0 Å². The minimum atomic E-state index is 0.386. The first-order valence-corrected chi connectivity index (χ1v) is 6.54. The average Bonchev–Trinajstić information content (AvgIpc) is 2.83. The van der Waals surface area contributed by atoms with Crippen LogP contribution in [0.25, 0.3) is 11.4 Å². The van der Waals surface area contributed by atoms with Gasteiger partial charge in [0.15, 0.2) is 0 Å². The van der Waals surface area contributed by atoms with E-state index in [4.69, 9.17) is 4.74 Å². The van der Waals surface area contributed by atoms with Crippen LogP contribution in [-0.4, -0.2) is 29.3 Å². The van der Waals surface area contributed by atoms with E-state index in [0.29, 0.717) is 6.04 Å². The molecule has 0 saturated carbocycles. The van der Waals surface area contributed by atoms with Crippen LogP contribution in [0, 0.1) is 0 Å². The summed E-state index contributed by atoms with van der Waals surface area (Å²) in [5.41, 5.74) is 2.24. The standard InChI is InChI=1S/C15H21N3O/c1-12(7-10-19-3)17-14-6-4-5-13(11-14)15-16-8-9-18(15)2/h4-6,8-9,11-12,17H,7,10H2,1-3H3/t12-/m1/s1. The lowest BCUT2D eigenvalue weighted by atomic mass is 10.1. The normalized spacial score (nSPS) is 12.4. The Morgan fingerprint density at radius 3 is 2.95 bits per heavy atom. The molecule has 1 heterocycles. The zero-order valence-corrected chi connectivity index (χ0v) is 11.8. The van der Waals surface area contributed by atoms with E-state index >= 15 is 0 Å². The fraction of sp³-hybridized carbons (Fsp3) is 0.400. The molecule has 1 N–H and O–H groups in total. The monoisotopic (exact) mass is 259 g/mol. The Kier molecular flexibility index (Phi) is 4.58. The highest BCUT2D eigenvalue weighted by molar-refractivity contribution is 5.62. The van der Waals surface area contributed by atoms with Gasteiger partial charge in [0.1, 0.15) is 5.82 Å². The number of rotatable bonds is 6. The van der Waals surface area contributed by atoms with Crippen molar-refractivity contribution in [1.82, 2.24) is 9.55 Å². The molecular weight excluding hydrogens is 238 g/mol. The van der Waals surface area contributed by atoms with Gasteiger partial charge in [-0.3, -0.25) is 0 Å². The summed E-state index contributed by atoms with van der Waals surface area (Å²) in [7, 11) is 3.73. The second kappa shape index (κ2) is 6.38. The van der Waals surface area contributed by atoms with Gasteiger partial charge in [-0.1, -0.05) is 12.1 Å². The number of hydrogen-bond acceptors (Lipinski definition) is 3. The first kappa shape index (κ1) is 13.6. The molecule has 0 unspecified atom stereocenters. The van der Waals surface area contributed by atoms with Crippen molar-refractivity contribution < 1.29 is 4.74 Å². The van der Waals surface area contributed by atoms with E-state index in [1.807, 2.05) is 24.0 Å². The topological polar surface area (TPSA) is 39.1 Å². The molecule has 0 aliphatic heterocycles. The maximum Gasteiger partial charge on any atom is 0.139 e. The molecule has 1 aromatic carbocycles. The molecular formula is C15H21N3O. The molecule has 1 aromatic heterocycles. The lowest BCUT2D eigenvalue weighted by molar-refractivity contribution is 0.191. The van der Waals surface area contributed by atoms with E-state index in [-0.39, 0.29) is 0 Å². The van der Waals surface area contributed by atoms with Crippen LogP contribution in [0.1, 0.15) is 13.3 Å². The van der Waals surface area contributed by atoms with Crippen molar-refractivity contribution in [2.24, 2.45) is 7.05 Å². The molecule has 0 aliphatic carbocycles. The van der Waals surface area contributed by atoms with Crippen molar-refractivity contribution in [1.29, 1.82) is 0 Å². The minimum absolute atomic E-state index is 0.386. The SMILES string of the molecule is COCC[C@@H](C)Nc1cccc(-c2nccn2C)c1. The summed E-state index contributed by atoms with van der Waals surface area (Å²) < 4.78 is 7.12. The van der Waals surface area contributed by atoms with Crippen LogP contribution in [0.3, 0.4) is 0 Å². The van der Waals surface area contributed by atoms with E-state index in [1.165, 1.54) is 0 Å². The van der Waals surface area contributed by atoms with Gasteiger partial charge in [-0.25, -0.2) is 4.98 Å². The van der Waals surface area contributed by atoms with E-state index in [9.17, 15) is 0 Å². The number of ether oxygens (including phenoxy) is 1. The first-order valence-electron chi connectivity index (χ1n) is 6.54. The molecule has 4 heteroatoms. The summed E-state index contributed by atoms with van der Waals surface area (Å²) >= 11 is 0. The molecule has 0 amide bonds. The molecule has 4 nitrogen and oxygen atoms in total. The van der Waals surface area contributed by atoms with Gasteiger partial charge in [-0.15, -0.1) is 0 Å². The van der Waals surface area contributed by atoms with Gasteiger partial charge < -0.3 is 14.6 Å². The van der Waals surface area contributed by atoms with Gasteiger partial charge in [-0.05, 0) is 25.5 Å². The molecule has 19 heavy (non-hydrogen) atoms. The Morgan fingerprint density at radius 2 is 2.26 bits per heavy atom. The molecule has 0 bridgehead atoms. The van der Waals surface area contributed by atoms with Crippen LogP contribution in [0.15, 0.2) is 36.7 Å². The van der Waals surface area contributed by atoms with Crippen LogP contribution < -0.4 is 5.32 Å². The number of aromatic nitrogens is 2. The van der Waals surface area contributed by atoms with E-state index in [0.717, 1.165) is 30.1 Å². The molecule has 0 radical (unpaired) electrons. The van der Waals surface area contributed by atoms with Crippen molar-refractivity contribution in [2.45, 2.75) is 19.4 Å². The molecule has 2 aromatic rings. The Bertz CT molecular complexity index is 522.